The highest BCUT2D eigenvalue weighted by Crippen LogP contribution is 2.19. The molecule has 0 aliphatic heterocycles. The Bertz CT molecular complexity index is 2040. The maximum absolute atomic E-state index is 11.9. The predicted octanol–water partition coefficient (Wildman–Crippen LogP) is 3.74. The summed E-state index contributed by atoms with van der Waals surface area (Å²) in [7, 11) is 0. The highest BCUT2D eigenvalue weighted by molar-refractivity contribution is 5.87. The van der Waals surface area contributed by atoms with Gasteiger partial charge < -0.3 is 133 Å². The van der Waals surface area contributed by atoms with E-state index in [0.717, 1.165) is 0 Å². The Hall–Kier alpha value is -4.72. The second-order valence-electron chi connectivity index (χ2n) is 25.8. The molecular formula is C76H138O36. The third-order valence-electron chi connectivity index (χ3n) is 14.3. The third kappa shape index (κ3) is 84.7. The van der Waals surface area contributed by atoms with Crippen molar-refractivity contribution in [1.82, 2.24) is 0 Å². The van der Waals surface area contributed by atoms with Gasteiger partial charge in [-0.05, 0) is 0 Å². The first-order chi connectivity index (χ1) is 54.4. The lowest BCUT2D eigenvalue weighted by molar-refractivity contribution is -0.152. The van der Waals surface area contributed by atoms with Gasteiger partial charge >= 0.3 is 35.8 Å². The van der Waals surface area contributed by atoms with Crippen LogP contribution in [0.5, 0.6) is 0 Å². The van der Waals surface area contributed by atoms with Crippen molar-refractivity contribution < 1.29 is 171 Å². The Morgan fingerprint density at radius 1 is 0.143 bits per heavy atom. The number of hydrogen-bond acceptors (Lipinski definition) is 36. The topological polar surface area (TPSA) is 395 Å². The molecule has 0 bridgehead atoms. The van der Waals surface area contributed by atoms with Crippen molar-refractivity contribution >= 4 is 47.4 Å². The average molecular weight is 1630 g/mol. The van der Waals surface area contributed by atoms with Gasteiger partial charge in [0.15, 0.2) is 0 Å². The number of carbonyl (C=O) groups is 8. The molecule has 0 aromatic heterocycles. The van der Waals surface area contributed by atoms with Gasteiger partial charge in [-0.3, -0.25) is 38.4 Å². The molecule has 0 fully saturated rings. The normalized spacial score (nSPS) is 11.7. The average Bonchev–Trinajstić information content (AvgIpc) is 0.920. The maximum Gasteiger partial charge on any atom is 0.306 e. The molecule has 0 amide bonds. The molecule has 0 N–H and O–H groups in total. The van der Waals surface area contributed by atoms with Gasteiger partial charge in [0, 0.05) is 36.5 Å². The highest BCUT2D eigenvalue weighted by atomic mass is 16.6. The van der Waals surface area contributed by atoms with Crippen LogP contribution in [0.25, 0.3) is 0 Å². The van der Waals surface area contributed by atoms with E-state index in [4.69, 9.17) is 133 Å². The predicted molar refractivity (Wildman–Crippen MR) is 399 cm³/mol. The summed E-state index contributed by atoms with van der Waals surface area (Å²) in [4.78, 5) is 94.8. The molecule has 0 atom stereocenters. The second-order valence-corrected chi connectivity index (χ2v) is 25.8. The summed E-state index contributed by atoms with van der Waals surface area (Å²) in [6, 6.07) is 0. The molecule has 0 radical (unpaired) electrons. The van der Waals surface area contributed by atoms with Gasteiger partial charge in [0.05, 0.1) is 356 Å². The van der Waals surface area contributed by atoms with E-state index in [1.54, 1.807) is 41.5 Å². The molecule has 0 saturated heterocycles. The summed E-state index contributed by atoms with van der Waals surface area (Å²) >= 11 is 0. The number of Topliss-reactive ketones (excluding diaryl/α,β-unsaturated/α-hetero) is 2. The molecule has 112 heavy (non-hydrogen) atoms. The molecule has 0 heterocycles. The zero-order valence-electron chi connectivity index (χ0n) is 68.1. The Balaban J connectivity index is 3.21. The summed E-state index contributed by atoms with van der Waals surface area (Å²) in [5.74, 6) is -3.21. The fourth-order valence-corrected chi connectivity index (χ4v) is 8.03. The van der Waals surface area contributed by atoms with E-state index >= 15 is 0 Å². The van der Waals surface area contributed by atoms with Crippen molar-refractivity contribution in [2.45, 2.75) is 106 Å². The van der Waals surface area contributed by atoms with Gasteiger partial charge in [-0.15, -0.1) is 0 Å². The maximum atomic E-state index is 11.9. The standard InChI is InChI=1S/C76H138O36/c1-75(2,3)67(77)9-11-69(79)107-17-7-19-109-71(81)13-15-73(83)111-65-63-105-61-59-103-57-55-101-53-51-99-49-47-97-45-43-95-41-39-93-37-35-91-33-31-89-29-27-87-25-23-85-21-22-86-24-26-88-28-30-90-32-34-92-36-38-94-40-42-96-44-46-98-48-50-100-52-54-102-56-58-104-60-62-106-64-66-112-74(84)16-14-72(82)110-20-8-18-108-70(80)12-10-68(78)76(4,5)6/h7-66H2,1-6H3. The SMILES string of the molecule is CC(C)(C)C(=O)CCC(=O)OCCCOC(=O)CCC(=O)OCCOCCOCCOCCOCCOCCOCCOCCOCCOCCOCCOCCOCCOCCOCCOCCOCCOCCOCCOCCOCCOCCOCCOC(=O)CCC(=O)OCCCOC(=O)CCC(=O)C(C)(C)C. The monoisotopic (exact) mass is 1630 g/mol. The van der Waals surface area contributed by atoms with Crippen LogP contribution in [0.3, 0.4) is 0 Å². The van der Waals surface area contributed by atoms with Crippen molar-refractivity contribution in [3.05, 3.63) is 0 Å². The van der Waals surface area contributed by atoms with E-state index in [0.29, 0.717) is 290 Å². The Kier molecular flexibility index (Phi) is 79.3. The first kappa shape index (κ1) is 107. The summed E-state index contributed by atoms with van der Waals surface area (Å²) in [5, 5.41) is 0. The molecule has 0 aliphatic rings. The zero-order chi connectivity index (χ0) is 81.8. The van der Waals surface area contributed by atoms with Crippen molar-refractivity contribution in [3.63, 3.8) is 0 Å². The molecule has 0 aromatic rings. The van der Waals surface area contributed by atoms with E-state index < -0.39 is 46.6 Å². The molecule has 0 aliphatic carbocycles. The van der Waals surface area contributed by atoms with Crippen LogP contribution in [0.1, 0.15) is 106 Å². The number of rotatable bonds is 89. The van der Waals surface area contributed by atoms with Crippen LogP contribution in [0.2, 0.25) is 0 Å². The minimum absolute atomic E-state index is 0.00893. The number of ether oxygens (including phenoxy) is 28. The van der Waals surface area contributed by atoms with Gasteiger partial charge in [-0.25, -0.2) is 0 Å². The molecule has 36 heteroatoms. The van der Waals surface area contributed by atoms with Crippen molar-refractivity contribution in [1.29, 1.82) is 0 Å². The molecule has 0 saturated carbocycles. The molecule has 658 valence electrons. The quantitative estimate of drug-likeness (QED) is 0.0475. The van der Waals surface area contributed by atoms with Crippen LogP contribution in [-0.4, -0.2) is 378 Å². The molecule has 36 nitrogen and oxygen atoms in total. The number of hydrogen-bond donors (Lipinski definition) is 0. The van der Waals surface area contributed by atoms with E-state index in [2.05, 4.69) is 0 Å². The Morgan fingerprint density at radius 3 is 0.357 bits per heavy atom. The van der Waals surface area contributed by atoms with Crippen molar-refractivity contribution in [3.8, 4) is 0 Å². The van der Waals surface area contributed by atoms with Crippen LogP contribution < -0.4 is 0 Å². The molecule has 0 unspecified atom stereocenters. The Labute approximate surface area is 663 Å². The van der Waals surface area contributed by atoms with Gasteiger partial charge in [0.25, 0.3) is 0 Å². The van der Waals surface area contributed by atoms with Crippen LogP contribution in [0, 0.1) is 10.8 Å². The first-order valence-corrected chi connectivity index (χ1v) is 39.1. The molecule has 0 rings (SSSR count). The zero-order valence-corrected chi connectivity index (χ0v) is 68.1. The van der Waals surface area contributed by atoms with Crippen LogP contribution in [0.4, 0.5) is 0 Å². The van der Waals surface area contributed by atoms with Gasteiger partial charge in [-0.1, -0.05) is 41.5 Å². The Morgan fingerprint density at radius 2 is 0.241 bits per heavy atom. The lowest BCUT2D eigenvalue weighted by atomic mass is 9.88. The van der Waals surface area contributed by atoms with Crippen molar-refractivity contribution in [2.75, 3.05) is 330 Å². The first-order valence-electron chi connectivity index (χ1n) is 39.1. The van der Waals surface area contributed by atoms with Crippen LogP contribution >= 0.6 is 0 Å². The summed E-state index contributed by atoms with van der Waals surface area (Å²) < 4.78 is 151. The second kappa shape index (κ2) is 82.8. The fourth-order valence-electron chi connectivity index (χ4n) is 8.03. The fraction of sp³-hybridized carbons (Fsp3) is 0.895. The number of ketones is 2. The van der Waals surface area contributed by atoms with Crippen LogP contribution in [-0.2, 0) is 171 Å². The van der Waals surface area contributed by atoms with Gasteiger partial charge in [-0.2, -0.15) is 0 Å². The van der Waals surface area contributed by atoms with Crippen molar-refractivity contribution in [2.24, 2.45) is 10.8 Å². The summed E-state index contributed by atoms with van der Waals surface area (Å²) in [6.07, 6.45) is 0.340. The molecular weight excluding hydrogens is 1490 g/mol. The largest absolute Gasteiger partial charge is 0.466 e. The van der Waals surface area contributed by atoms with Gasteiger partial charge in [0.2, 0.25) is 0 Å². The molecule has 0 aromatic carbocycles. The van der Waals surface area contributed by atoms with Crippen LogP contribution in [0.15, 0.2) is 0 Å². The summed E-state index contributed by atoms with van der Waals surface area (Å²) in [5.41, 5.74) is -1.01. The minimum Gasteiger partial charge on any atom is -0.466 e. The highest BCUT2D eigenvalue weighted by Gasteiger charge is 2.23. The van der Waals surface area contributed by atoms with E-state index in [9.17, 15) is 38.4 Å². The minimum atomic E-state index is -0.561. The van der Waals surface area contributed by atoms with E-state index in [1.165, 1.54) is 0 Å². The van der Waals surface area contributed by atoms with E-state index in [-0.39, 0.29) is 116 Å². The smallest absolute Gasteiger partial charge is 0.306 e. The third-order valence-corrected chi connectivity index (χ3v) is 14.3. The number of esters is 6. The number of carbonyl (C=O) groups excluding carboxylic acids is 8. The lowest BCUT2D eigenvalue weighted by Gasteiger charge is -2.15. The molecule has 0 spiro atoms. The van der Waals surface area contributed by atoms with Gasteiger partial charge in [0.1, 0.15) is 24.8 Å². The lowest BCUT2D eigenvalue weighted by Crippen LogP contribution is -2.21. The summed E-state index contributed by atoms with van der Waals surface area (Å²) in [6.45, 7) is 29.6. The van der Waals surface area contributed by atoms with E-state index in [1.807, 2.05) is 0 Å².